The van der Waals surface area contributed by atoms with Crippen molar-refractivity contribution in [2.24, 2.45) is 0 Å². The largest absolute Gasteiger partial charge is 0.237 e. The first-order valence-electron chi connectivity index (χ1n) is 5.61. The predicted molar refractivity (Wildman–Crippen MR) is 74.4 cm³/mol. The van der Waals surface area contributed by atoms with Crippen LogP contribution in [0.5, 0.6) is 0 Å². The Morgan fingerprint density at radius 3 is 1.57 bits per heavy atom. The van der Waals surface area contributed by atoms with Crippen LogP contribution in [0.4, 0.5) is 0 Å². The number of alkyl halides is 1. The number of hydrogen-bond acceptors (Lipinski definition) is 0. The molecule has 14 heavy (non-hydrogen) atoms. The highest BCUT2D eigenvalue weighted by Gasteiger charge is 2.00. The van der Waals surface area contributed by atoms with Crippen LogP contribution in [0.25, 0.3) is 0 Å². The van der Waals surface area contributed by atoms with E-state index in [2.05, 4.69) is 15.9 Å². The first-order chi connectivity index (χ1) is 6.77. The minimum absolute atomic E-state index is 1.09. The molecule has 0 aliphatic rings. The van der Waals surface area contributed by atoms with Crippen LogP contribution in [-0.4, -0.2) is 12.7 Å². The Kier molecular flexibility index (Phi) is 13.5. The van der Waals surface area contributed by atoms with Crippen molar-refractivity contribution >= 4 is 45.5 Å². The molecule has 0 bridgehead atoms. The molecule has 0 fully saturated rings. The zero-order valence-electron chi connectivity index (χ0n) is 8.78. The lowest BCUT2D eigenvalue weighted by molar-refractivity contribution is 0.586. The molecule has 0 unspecified atom stereocenters. The molecule has 0 rings (SSSR count). The number of hydrogen-bond donors (Lipinski definition) is 0. The van der Waals surface area contributed by atoms with Gasteiger partial charge in [0, 0.05) is 5.33 Å². The van der Waals surface area contributed by atoms with Crippen LogP contribution in [0.2, 0.25) is 6.04 Å². The molecule has 0 aromatic carbocycles. The van der Waals surface area contributed by atoms with Gasteiger partial charge < -0.3 is 0 Å². The SMILES string of the molecule is Cl[SiH](Cl)CCCCCCCCCCBr. The van der Waals surface area contributed by atoms with Crippen LogP contribution in [-0.2, 0) is 0 Å². The van der Waals surface area contributed by atoms with Crippen molar-refractivity contribution in [3.8, 4) is 0 Å². The van der Waals surface area contributed by atoms with Gasteiger partial charge >= 0.3 is 0 Å². The number of halogens is 3. The van der Waals surface area contributed by atoms with Gasteiger partial charge in [0.2, 0.25) is 7.42 Å². The highest BCUT2D eigenvalue weighted by atomic mass is 79.9. The van der Waals surface area contributed by atoms with Crippen molar-refractivity contribution < 1.29 is 0 Å². The third-order valence-corrected chi connectivity index (χ3v) is 5.02. The van der Waals surface area contributed by atoms with Crippen LogP contribution in [0.15, 0.2) is 0 Å². The van der Waals surface area contributed by atoms with Crippen molar-refractivity contribution in [3.63, 3.8) is 0 Å². The van der Waals surface area contributed by atoms with Gasteiger partial charge in [0.05, 0.1) is 0 Å². The fourth-order valence-electron chi connectivity index (χ4n) is 1.45. The van der Waals surface area contributed by atoms with Gasteiger partial charge in [-0.15, -0.1) is 0 Å². The third kappa shape index (κ3) is 13.3. The molecule has 86 valence electrons. The van der Waals surface area contributed by atoms with Crippen molar-refractivity contribution in [3.05, 3.63) is 0 Å². The third-order valence-electron chi connectivity index (χ3n) is 2.31. The van der Waals surface area contributed by atoms with E-state index >= 15 is 0 Å². The van der Waals surface area contributed by atoms with Gasteiger partial charge in [0.15, 0.2) is 0 Å². The van der Waals surface area contributed by atoms with Crippen LogP contribution in [0.3, 0.4) is 0 Å². The van der Waals surface area contributed by atoms with Gasteiger partial charge in [-0.1, -0.05) is 60.9 Å². The van der Waals surface area contributed by atoms with E-state index in [1.807, 2.05) is 0 Å². The lowest BCUT2D eigenvalue weighted by Gasteiger charge is -2.01. The Hall–Kier alpha value is 1.28. The van der Waals surface area contributed by atoms with E-state index in [-0.39, 0.29) is 0 Å². The summed E-state index contributed by atoms with van der Waals surface area (Å²) in [6.45, 7) is 0. The van der Waals surface area contributed by atoms with Gasteiger partial charge in [0.1, 0.15) is 0 Å². The second-order valence-electron chi connectivity index (χ2n) is 3.70. The van der Waals surface area contributed by atoms with Crippen molar-refractivity contribution in [1.82, 2.24) is 0 Å². The first kappa shape index (κ1) is 15.3. The normalized spacial score (nSPS) is 11.1. The Labute approximate surface area is 108 Å². The molecule has 0 heterocycles. The molecule has 0 amide bonds. The van der Waals surface area contributed by atoms with E-state index < -0.39 is 7.42 Å². The summed E-state index contributed by atoms with van der Waals surface area (Å²) in [5, 5.41) is 1.16. The Morgan fingerprint density at radius 1 is 0.714 bits per heavy atom. The zero-order chi connectivity index (χ0) is 10.6. The van der Waals surface area contributed by atoms with E-state index in [1.165, 1.54) is 51.4 Å². The number of unbranched alkanes of at least 4 members (excludes halogenated alkanes) is 7. The molecule has 0 spiro atoms. The zero-order valence-corrected chi connectivity index (χ0v) is 13.0. The molecule has 0 atom stereocenters. The minimum Gasteiger partial charge on any atom is -0.150 e. The molecule has 0 aromatic heterocycles. The second-order valence-corrected chi connectivity index (χ2v) is 9.68. The Morgan fingerprint density at radius 2 is 1.14 bits per heavy atom. The van der Waals surface area contributed by atoms with E-state index in [0.717, 1.165) is 11.4 Å². The molecule has 0 nitrogen and oxygen atoms in total. The van der Waals surface area contributed by atoms with Crippen LogP contribution in [0, 0.1) is 0 Å². The summed E-state index contributed by atoms with van der Waals surface area (Å²) in [6, 6.07) is 1.09. The minimum atomic E-state index is -1.31. The maximum absolute atomic E-state index is 5.77. The quantitative estimate of drug-likeness (QED) is 0.225. The summed E-state index contributed by atoms with van der Waals surface area (Å²) in [5.41, 5.74) is 0. The van der Waals surface area contributed by atoms with Gasteiger partial charge in [0.25, 0.3) is 0 Å². The van der Waals surface area contributed by atoms with E-state index in [0.29, 0.717) is 0 Å². The maximum atomic E-state index is 5.77. The fraction of sp³-hybridized carbons (Fsp3) is 1.00. The van der Waals surface area contributed by atoms with Crippen LogP contribution >= 0.6 is 38.1 Å². The Balaban J connectivity index is 2.85. The summed E-state index contributed by atoms with van der Waals surface area (Å²) in [7, 11) is -1.31. The van der Waals surface area contributed by atoms with Crippen molar-refractivity contribution in [2.45, 2.75) is 57.4 Å². The van der Waals surface area contributed by atoms with E-state index in [9.17, 15) is 0 Å². The van der Waals surface area contributed by atoms with Gasteiger partial charge in [-0.3, -0.25) is 0 Å². The van der Waals surface area contributed by atoms with Crippen LogP contribution in [0.1, 0.15) is 51.4 Å². The summed E-state index contributed by atoms with van der Waals surface area (Å²) in [6.07, 6.45) is 10.8. The molecule has 0 aromatic rings. The Bertz CT molecular complexity index is 112. The standard InChI is InChI=1S/C10H21BrCl2Si/c11-9-7-5-3-1-2-4-6-8-10-14(12)13/h14H,1-10H2. The molecule has 0 aliphatic heterocycles. The molecular weight excluding hydrogens is 299 g/mol. The summed E-state index contributed by atoms with van der Waals surface area (Å²) in [5.74, 6) is 0. The fourth-order valence-corrected chi connectivity index (χ4v) is 3.37. The maximum Gasteiger partial charge on any atom is 0.237 e. The predicted octanol–water partition coefficient (Wildman–Crippen LogP) is 5.20. The van der Waals surface area contributed by atoms with Crippen molar-refractivity contribution in [2.75, 3.05) is 5.33 Å². The molecule has 0 saturated heterocycles. The average Bonchev–Trinajstić information content (AvgIpc) is 2.15. The summed E-state index contributed by atoms with van der Waals surface area (Å²) >= 11 is 15.0. The highest BCUT2D eigenvalue weighted by molar-refractivity contribution is 9.09. The average molecular weight is 320 g/mol. The topological polar surface area (TPSA) is 0 Å². The van der Waals surface area contributed by atoms with Crippen molar-refractivity contribution in [1.29, 1.82) is 0 Å². The van der Waals surface area contributed by atoms with Gasteiger partial charge in [-0.05, 0) is 12.5 Å². The van der Waals surface area contributed by atoms with Gasteiger partial charge in [-0.2, -0.15) is 22.2 Å². The van der Waals surface area contributed by atoms with Crippen LogP contribution < -0.4 is 0 Å². The van der Waals surface area contributed by atoms with E-state index in [4.69, 9.17) is 22.2 Å². The van der Waals surface area contributed by atoms with Gasteiger partial charge in [-0.25, -0.2) is 0 Å². The molecule has 0 saturated carbocycles. The second kappa shape index (κ2) is 12.3. The first-order valence-corrected chi connectivity index (χ1v) is 11.0. The summed E-state index contributed by atoms with van der Waals surface area (Å²) in [4.78, 5) is 0. The smallest absolute Gasteiger partial charge is 0.150 e. The van der Waals surface area contributed by atoms with E-state index in [1.54, 1.807) is 0 Å². The highest BCUT2D eigenvalue weighted by Crippen LogP contribution is 2.13. The molecular formula is C10H21BrCl2Si. The lowest BCUT2D eigenvalue weighted by Crippen LogP contribution is -1.91. The molecule has 0 N–H and O–H groups in total. The lowest BCUT2D eigenvalue weighted by atomic mass is 10.1. The molecule has 4 heteroatoms. The monoisotopic (exact) mass is 318 g/mol. The number of rotatable bonds is 10. The molecule has 0 aliphatic carbocycles. The molecule has 0 radical (unpaired) electrons. The summed E-state index contributed by atoms with van der Waals surface area (Å²) < 4.78 is 0.